The second kappa shape index (κ2) is 8.15. The van der Waals surface area contributed by atoms with Crippen LogP contribution in [0.4, 0.5) is 29.3 Å². The molecule has 32 heavy (non-hydrogen) atoms. The number of nitrogens with one attached hydrogen (secondary N) is 1. The fourth-order valence-corrected chi connectivity index (χ4v) is 4.50. The summed E-state index contributed by atoms with van der Waals surface area (Å²) in [5.41, 5.74) is -0.768. The van der Waals surface area contributed by atoms with Gasteiger partial charge in [0.15, 0.2) is 0 Å². The van der Waals surface area contributed by atoms with Gasteiger partial charge in [-0.2, -0.15) is 18.4 Å². The molecule has 10 heteroatoms. The smallest absolute Gasteiger partial charge is 0.354 e. The van der Waals surface area contributed by atoms with E-state index in [-0.39, 0.29) is 29.4 Å². The van der Waals surface area contributed by atoms with E-state index in [9.17, 15) is 22.8 Å². The Balaban J connectivity index is 1.74. The first-order valence-electron chi connectivity index (χ1n) is 10.2. The molecule has 0 unspecified atom stereocenters. The summed E-state index contributed by atoms with van der Waals surface area (Å²) in [5.74, 6) is -0.362. The Kier molecular flexibility index (Phi) is 5.50. The minimum absolute atomic E-state index is 0.107. The van der Waals surface area contributed by atoms with E-state index in [2.05, 4.69) is 10.3 Å². The summed E-state index contributed by atoms with van der Waals surface area (Å²) in [5, 5.41) is 11.5. The van der Waals surface area contributed by atoms with Crippen LogP contribution in [0.3, 0.4) is 0 Å². The molecular formula is C22H20F3N5O2. The largest absolute Gasteiger partial charge is 0.417 e. The van der Waals surface area contributed by atoms with Crippen LogP contribution < -0.4 is 15.1 Å². The topological polar surface area (TPSA) is 89.3 Å². The lowest BCUT2D eigenvalue weighted by Crippen LogP contribution is -2.40. The van der Waals surface area contributed by atoms with Crippen LogP contribution >= 0.6 is 0 Å². The van der Waals surface area contributed by atoms with E-state index in [1.54, 1.807) is 17.0 Å². The molecule has 2 aromatic rings. The standard InChI is InChI=1S/C22H20F3N5O2/c1-27-20(31)17-9-8-15(12-28-17)30-19-5-3-2-4-18(19)29(21(30)32)14-7-6-13(11-26)16(10-14)22(23,24)25/h6-10,12,18-19H,2-5H2,1H3,(H,27,31)/t18-,19-/m0/s1. The molecule has 1 aliphatic heterocycles. The first-order valence-corrected chi connectivity index (χ1v) is 10.2. The number of hydrogen-bond acceptors (Lipinski definition) is 4. The predicted octanol–water partition coefficient (Wildman–Crippen LogP) is 4.09. The van der Waals surface area contributed by atoms with Crippen LogP contribution in [0.5, 0.6) is 0 Å². The molecule has 166 valence electrons. The van der Waals surface area contributed by atoms with E-state index in [0.717, 1.165) is 25.0 Å². The molecule has 1 saturated carbocycles. The number of carbonyl (C=O) groups is 2. The van der Waals surface area contributed by atoms with Gasteiger partial charge >= 0.3 is 12.2 Å². The average Bonchev–Trinajstić information content (AvgIpc) is 3.09. The van der Waals surface area contributed by atoms with Gasteiger partial charge in [0.2, 0.25) is 0 Å². The van der Waals surface area contributed by atoms with Gasteiger partial charge in [-0.05, 0) is 43.2 Å². The monoisotopic (exact) mass is 443 g/mol. The van der Waals surface area contributed by atoms with Gasteiger partial charge in [-0.3, -0.25) is 14.6 Å². The molecule has 2 aliphatic rings. The first-order chi connectivity index (χ1) is 15.3. The minimum Gasteiger partial charge on any atom is -0.354 e. The van der Waals surface area contributed by atoms with Crippen LogP contribution in [0.15, 0.2) is 36.5 Å². The maximum absolute atomic E-state index is 13.5. The Morgan fingerprint density at radius 1 is 1.12 bits per heavy atom. The third-order valence-corrected chi connectivity index (χ3v) is 5.96. The normalized spacial score (nSPS) is 20.7. The molecule has 1 saturated heterocycles. The summed E-state index contributed by atoms with van der Waals surface area (Å²) in [4.78, 5) is 32.3. The Morgan fingerprint density at radius 3 is 2.28 bits per heavy atom. The number of carbonyl (C=O) groups excluding carboxylic acids is 2. The Hall–Kier alpha value is -3.61. The minimum atomic E-state index is -4.71. The van der Waals surface area contributed by atoms with Crippen LogP contribution in [0, 0.1) is 11.3 Å². The number of rotatable bonds is 3. The maximum atomic E-state index is 13.5. The molecular weight excluding hydrogens is 423 g/mol. The van der Waals surface area contributed by atoms with Gasteiger partial charge in [0.1, 0.15) is 5.69 Å². The maximum Gasteiger partial charge on any atom is 0.417 e. The number of anilines is 2. The van der Waals surface area contributed by atoms with Crippen LogP contribution in [-0.4, -0.2) is 36.1 Å². The predicted molar refractivity (Wildman–Crippen MR) is 110 cm³/mol. The highest BCUT2D eigenvalue weighted by Crippen LogP contribution is 2.41. The van der Waals surface area contributed by atoms with Crippen LogP contribution in [0.2, 0.25) is 0 Å². The highest BCUT2D eigenvalue weighted by Gasteiger charge is 2.48. The number of fused-ring (bicyclic) bond motifs is 1. The van der Waals surface area contributed by atoms with Gasteiger partial charge in [-0.25, -0.2) is 9.78 Å². The van der Waals surface area contributed by atoms with E-state index >= 15 is 0 Å². The third-order valence-electron chi connectivity index (χ3n) is 5.96. The Labute approximate surface area is 182 Å². The zero-order valence-corrected chi connectivity index (χ0v) is 17.2. The number of hydrogen-bond donors (Lipinski definition) is 1. The van der Waals surface area contributed by atoms with Crippen LogP contribution in [0.25, 0.3) is 0 Å². The highest BCUT2D eigenvalue weighted by atomic mass is 19.4. The van der Waals surface area contributed by atoms with E-state index < -0.39 is 23.3 Å². The molecule has 1 aromatic heterocycles. The summed E-state index contributed by atoms with van der Waals surface area (Å²) >= 11 is 0. The van der Waals surface area contributed by atoms with Gasteiger partial charge in [0.05, 0.1) is 41.2 Å². The Morgan fingerprint density at radius 2 is 1.75 bits per heavy atom. The summed E-state index contributed by atoms with van der Waals surface area (Å²) < 4.78 is 40.5. The van der Waals surface area contributed by atoms with Gasteiger partial charge in [-0.15, -0.1) is 0 Å². The fourth-order valence-electron chi connectivity index (χ4n) is 4.50. The summed E-state index contributed by atoms with van der Waals surface area (Å²) in [6, 6.07) is 7.07. The van der Waals surface area contributed by atoms with E-state index in [4.69, 9.17) is 5.26 Å². The molecule has 2 atom stereocenters. The number of halogens is 3. The molecule has 0 spiro atoms. The number of urea groups is 1. The number of amides is 3. The summed E-state index contributed by atoms with van der Waals surface area (Å²) in [6.07, 6.45) is -0.185. The first kappa shape index (κ1) is 21.6. The van der Waals surface area contributed by atoms with Crippen molar-refractivity contribution in [1.82, 2.24) is 10.3 Å². The average molecular weight is 443 g/mol. The molecule has 0 bridgehead atoms. The molecule has 0 radical (unpaired) electrons. The van der Waals surface area contributed by atoms with Crippen molar-refractivity contribution < 1.29 is 22.8 Å². The summed E-state index contributed by atoms with van der Waals surface area (Å²) in [7, 11) is 1.49. The van der Waals surface area contributed by atoms with Gasteiger partial charge < -0.3 is 5.32 Å². The second-order valence-corrected chi connectivity index (χ2v) is 7.76. The van der Waals surface area contributed by atoms with Crippen molar-refractivity contribution in [3.05, 3.63) is 53.3 Å². The molecule has 2 heterocycles. The highest BCUT2D eigenvalue weighted by molar-refractivity contribution is 6.07. The number of nitrogens with zero attached hydrogens (tertiary/aromatic N) is 4. The Bertz CT molecular complexity index is 1090. The third kappa shape index (κ3) is 3.64. The van der Waals surface area contributed by atoms with Crippen molar-refractivity contribution in [2.75, 3.05) is 16.8 Å². The number of aromatic nitrogens is 1. The number of benzene rings is 1. The van der Waals surface area contributed by atoms with Crippen molar-refractivity contribution in [1.29, 1.82) is 5.26 Å². The number of nitriles is 1. The molecule has 4 rings (SSSR count). The lowest BCUT2D eigenvalue weighted by atomic mass is 9.89. The zero-order valence-electron chi connectivity index (χ0n) is 17.2. The summed E-state index contributed by atoms with van der Waals surface area (Å²) in [6.45, 7) is 0. The number of pyridine rings is 1. The molecule has 7 nitrogen and oxygen atoms in total. The quantitative estimate of drug-likeness (QED) is 0.774. The van der Waals surface area contributed by atoms with E-state index in [1.807, 2.05) is 0 Å². The van der Waals surface area contributed by atoms with Gasteiger partial charge in [0.25, 0.3) is 5.91 Å². The van der Waals surface area contributed by atoms with Crippen molar-refractivity contribution in [2.24, 2.45) is 0 Å². The van der Waals surface area contributed by atoms with E-state index in [0.29, 0.717) is 18.5 Å². The zero-order chi connectivity index (χ0) is 23.0. The van der Waals surface area contributed by atoms with Crippen LogP contribution in [0.1, 0.15) is 47.3 Å². The van der Waals surface area contributed by atoms with Crippen molar-refractivity contribution in [3.63, 3.8) is 0 Å². The lowest BCUT2D eigenvalue weighted by molar-refractivity contribution is -0.137. The van der Waals surface area contributed by atoms with Gasteiger partial charge in [0, 0.05) is 12.7 Å². The van der Waals surface area contributed by atoms with Gasteiger partial charge in [-0.1, -0.05) is 12.8 Å². The van der Waals surface area contributed by atoms with Crippen molar-refractivity contribution in [3.8, 4) is 6.07 Å². The lowest BCUT2D eigenvalue weighted by Gasteiger charge is -2.31. The molecule has 1 aliphatic carbocycles. The van der Waals surface area contributed by atoms with E-state index in [1.165, 1.54) is 30.3 Å². The molecule has 3 amide bonds. The van der Waals surface area contributed by atoms with Crippen molar-refractivity contribution >= 4 is 23.3 Å². The molecule has 2 fully saturated rings. The molecule has 1 aromatic carbocycles. The number of alkyl halides is 3. The fraction of sp³-hybridized carbons (Fsp3) is 0.364. The molecule has 1 N–H and O–H groups in total. The second-order valence-electron chi connectivity index (χ2n) is 7.76. The van der Waals surface area contributed by atoms with Crippen molar-refractivity contribution in [2.45, 2.75) is 43.9 Å². The SMILES string of the molecule is CNC(=O)c1ccc(N2C(=O)N(c3ccc(C#N)c(C(F)(F)F)c3)[C@H]3CCCC[C@@H]32)cn1. The van der Waals surface area contributed by atoms with Crippen LogP contribution in [-0.2, 0) is 6.18 Å².